The van der Waals surface area contributed by atoms with E-state index >= 15 is 0 Å². The monoisotopic (exact) mass is 800 g/mol. The smallest absolute Gasteiger partial charge is 0.457 e. The van der Waals surface area contributed by atoms with Gasteiger partial charge in [0.1, 0.15) is 12.2 Å². The summed E-state index contributed by atoms with van der Waals surface area (Å²) in [6.45, 7) is 3.05. The summed E-state index contributed by atoms with van der Waals surface area (Å²) in [7, 11) is -4.55. The number of rotatable bonds is 37. The Hall–Kier alpha value is -3.14. The van der Waals surface area contributed by atoms with Gasteiger partial charge in [0.25, 0.3) is 0 Å². The lowest BCUT2D eigenvalue weighted by atomic mass is 10.2. The summed E-state index contributed by atoms with van der Waals surface area (Å²) in [5.74, 6) is -0.481. The van der Waals surface area contributed by atoms with Crippen molar-refractivity contribution >= 4 is 13.8 Å². The van der Waals surface area contributed by atoms with Crippen LogP contribution in [0.3, 0.4) is 0 Å². The van der Waals surface area contributed by atoms with E-state index in [0.29, 0.717) is 13.0 Å². The van der Waals surface area contributed by atoms with Gasteiger partial charge in [-0.2, -0.15) is 0 Å². The molecular formula is C46H73O9P. The average Bonchev–Trinajstić information content (AvgIpc) is 3.19. The Morgan fingerprint density at radius 1 is 0.554 bits per heavy atom. The van der Waals surface area contributed by atoms with Gasteiger partial charge in [0.15, 0.2) is 0 Å². The summed E-state index contributed by atoms with van der Waals surface area (Å²) in [5, 5.41) is 18.3. The maximum Gasteiger partial charge on any atom is 0.472 e. The van der Waals surface area contributed by atoms with E-state index in [4.69, 9.17) is 23.6 Å². The van der Waals surface area contributed by atoms with Gasteiger partial charge in [-0.15, -0.1) is 0 Å². The minimum Gasteiger partial charge on any atom is -0.457 e. The molecule has 316 valence electrons. The zero-order chi connectivity index (χ0) is 41.1. The molecule has 0 aromatic carbocycles. The molecule has 0 saturated carbocycles. The van der Waals surface area contributed by atoms with Crippen LogP contribution in [-0.4, -0.2) is 66.3 Å². The number of ether oxygens (including phenoxy) is 2. The van der Waals surface area contributed by atoms with E-state index in [1.807, 2.05) is 12.2 Å². The summed E-state index contributed by atoms with van der Waals surface area (Å²) in [6.07, 6.45) is 54.7. The standard InChI is InChI=1S/C46H73O9P/c1-3-5-7-9-11-13-15-17-18-19-20-21-22-23-24-25-27-29-31-33-35-37-39-52-42-45(43-54-56(50,51)53-41-44(48)40-47)55-46(49)38-36-34-32-30-28-26-16-14-12-10-8-6-4-2/h5-8,11-14,17-18,20-21,23-24,26-29,32,34,44-45,47-48H,3-4,9-10,15-16,19,22,25,30-31,33,35-43H2,1-2H3,(H,50,51)/b7-5-,8-6-,13-11-,14-12-,18-17-,21-20-,24-23-,28-26-,29-27-,34-32-. The van der Waals surface area contributed by atoms with Crippen molar-refractivity contribution in [3.05, 3.63) is 122 Å². The van der Waals surface area contributed by atoms with Crippen LogP contribution in [0.4, 0.5) is 0 Å². The third kappa shape index (κ3) is 40.5. The molecule has 3 N–H and O–H groups in total. The molecule has 0 rings (SSSR count). The van der Waals surface area contributed by atoms with Gasteiger partial charge in [-0.25, -0.2) is 4.57 Å². The number of phosphoric ester groups is 1. The first kappa shape index (κ1) is 52.9. The Bertz CT molecular complexity index is 1270. The van der Waals surface area contributed by atoms with Gasteiger partial charge in [0.2, 0.25) is 0 Å². The molecule has 0 saturated heterocycles. The number of hydrogen-bond acceptors (Lipinski definition) is 8. The number of unbranched alkanes of at least 4 members (excludes halogenated alkanes) is 3. The van der Waals surface area contributed by atoms with Crippen molar-refractivity contribution in [2.75, 3.05) is 33.0 Å². The number of hydrogen-bond donors (Lipinski definition) is 3. The van der Waals surface area contributed by atoms with Gasteiger partial charge >= 0.3 is 13.8 Å². The molecule has 3 unspecified atom stereocenters. The number of phosphoric acid groups is 1. The summed E-state index contributed by atoms with van der Waals surface area (Å²) < 4.78 is 33.2. The number of aliphatic hydroxyl groups is 2. The van der Waals surface area contributed by atoms with Crippen molar-refractivity contribution in [1.82, 2.24) is 0 Å². The quantitative estimate of drug-likeness (QED) is 0.0243. The van der Waals surface area contributed by atoms with E-state index in [-0.39, 0.29) is 13.0 Å². The van der Waals surface area contributed by atoms with Gasteiger partial charge in [-0.05, 0) is 89.9 Å². The lowest BCUT2D eigenvalue weighted by Crippen LogP contribution is -2.29. The molecule has 0 aliphatic rings. The van der Waals surface area contributed by atoms with Crippen LogP contribution in [0.1, 0.15) is 117 Å². The van der Waals surface area contributed by atoms with E-state index in [1.54, 1.807) is 0 Å². The van der Waals surface area contributed by atoms with Crippen LogP contribution in [0.15, 0.2) is 122 Å². The van der Waals surface area contributed by atoms with E-state index in [2.05, 4.69) is 123 Å². The van der Waals surface area contributed by atoms with Gasteiger partial charge in [-0.1, -0.05) is 142 Å². The Kier molecular flexibility index (Phi) is 39.2. The molecule has 0 fully saturated rings. The molecule has 0 aromatic rings. The first-order valence-electron chi connectivity index (χ1n) is 20.5. The number of aliphatic hydroxyl groups excluding tert-OH is 2. The van der Waals surface area contributed by atoms with Crippen molar-refractivity contribution in [3.63, 3.8) is 0 Å². The summed E-state index contributed by atoms with van der Waals surface area (Å²) >= 11 is 0. The number of carbonyl (C=O) groups excluding carboxylic acids is 1. The highest BCUT2D eigenvalue weighted by molar-refractivity contribution is 7.47. The number of esters is 1. The minimum atomic E-state index is -4.55. The van der Waals surface area contributed by atoms with Crippen LogP contribution < -0.4 is 0 Å². The molecule has 0 aliphatic heterocycles. The first-order valence-corrected chi connectivity index (χ1v) is 22.0. The third-order valence-electron chi connectivity index (χ3n) is 7.66. The van der Waals surface area contributed by atoms with Gasteiger partial charge in [0.05, 0.1) is 26.4 Å². The highest BCUT2D eigenvalue weighted by atomic mass is 31.2. The molecule has 0 aromatic heterocycles. The largest absolute Gasteiger partial charge is 0.472 e. The molecule has 3 atom stereocenters. The predicted octanol–water partition coefficient (Wildman–Crippen LogP) is 11.2. The van der Waals surface area contributed by atoms with Crippen LogP contribution in [0.25, 0.3) is 0 Å². The second-order valence-corrected chi connectivity index (χ2v) is 14.3. The van der Waals surface area contributed by atoms with Crippen LogP contribution in [0, 0.1) is 0 Å². The van der Waals surface area contributed by atoms with Crippen LogP contribution in [-0.2, 0) is 27.9 Å². The summed E-state index contributed by atoms with van der Waals surface area (Å²) in [4.78, 5) is 22.5. The van der Waals surface area contributed by atoms with E-state index in [1.165, 1.54) is 0 Å². The van der Waals surface area contributed by atoms with Gasteiger partial charge in [-0.3, -0.25) is 13.8 Å². The van der Waals surface area contributed by atoms with Gasteiger partial charge in [0, 0.05) is 13.0 Å². The Morgan fingerprint density at radius 3 is 1.41 bits per heavy atom. The fourth-order valence-electron chi connectivity index (χ4n) is 4.60. The van der Waals surface area contributed by atoms with Crippen LogP contribution in [0.2, 0.25) is 0 Å². The lowest BCUT2D eigenvalue weighted by molar-refractivity contribution is -0.154. The fourth-order valence-corrected chi connectivity index (χ4v) is 5.39. The normalized spacial score (nSPS) is 15.3. The van der Waals surface area contributed by atoms with Crippen LogP contribution in [0.5, 0.6) is 0 Å². The molecular weight excluding hydrogens is 727 g/mol. The fraction of sp³-hybridized carbons (Fsp3) is 0.543. The maximum absolute atomic E-state index is 12.5. The van der Waals surface area contributed by atoms with Crippen molar-refractivity contribution in [3.8, 4) is 0 Å². The number of allylic oxidation sites excluding steroid dienone is 20. The van der Waals surface area contributed by atoms with Crippen LogP contribution >= 0.6 is 7.82 Å². The molecule has 0 radical (unpaired) electrons. The van der Waals surface area contributed by atoms with E-state index < -0.39 is 45.8 Å². The molecule has 0 bridgehead atoms. The Morgan fingerprint density at radius 2 is 0.964 bits per heavy atom. The molecule has 0 amide bonds. The zero-order valence-electron chi connectivity index (χ0n) is 34.3. The summed E-state index contributed by atoms with van der Waals surface area (Å²) in [5.41, 5.74) is 0. The molecule has 9 nitrogen and oxygen atoms in total. The van der Waals surface area contributed by atoms with Crippen molar-refractivity contribution < 1.29 is 43.0 Å². The van der Waals surface area contributed by atoms with Crippen molar-refractivity contribution in [2.45, 2.75) is 129 Å². The third-order valence-corrected chi connectivity index (χ3v) is 8.61. The molecule has 0 heterocycles. The second kappa shape index (κ2) is 41.5. The van der Waals surface area contributed by atoms with Gasteiger partial charge < -0.3 is 24.6 Å². The number of carbonyl (C=O) groups is 1. The average molecular weight is 801 g/mol. The topological polar surface area (TPSA) is 132 Å². The lowest BCUT2D eigenvalue weighted by Gasteiger charge is -2.20. The maximum atomic E-state index is 12.5. The van der Waals surface area contributed by atoms with E-state index in [0.717, 1.165) is 89.9 Å². The predicted molar refractivity (Wildman–Crippen MR) is 232 cm³/mol. The Labute approximate surface area is 339 Å². The molecule has 0 aliphatic carbocycles. The first-order chi connectivity index (χ1) is 27.3. The highest BCUT2D eigenvalue weighted by Gasteiger charge is 2.26. The molecule has 10 heteroatoms. The highest BCUT2D eigenvalue weighted by Crippen LogP contribution is 2.43. The Balaban J connectivity index is 4.37. The second-order valence-electron chi connectivity index (χ2n) is 12.9. The van der Waals surface area contributed by atoms with E-state index in [9.17, 15) is 19.4 Å². The zero-order valence-corrected chi connectivity index (χ0v) is 35.2. The summed E-state index contributed by atoms with van der Waals surface area (Å²) in [6, 6.07) is 0. The molecule has 56 heavy (non-hydrogen) atoms. The minimum absolute atomic E-state index is 0.0118. The van der Waals surface area contributed by atoms with Crippen molar-refractivity contribution in [2.24, 2.45) is 0 Å². The van der Waals surface area contributed by atoms with Crippen molar-refractivity contribution in [1.29, 1.82) is 0 Å². The SMILES string of the molecule is CC/C=C\C/C=C\C/C=C\C/C=C\C/C=C\C/C=C\CCCCCOCC(COP(=O)(O)OCC(O)CO)OC(=O)CC/C=C\C/C=C\C/C=C\C/C=C\CC. The molecule has 0 spiro atoms.